The summed E-state index contributed by atoms with van der Waals surface area (Å²) in [4.78, 5) is 64.9. The van der Waals surface area contributed by atoms with Gasteiger partial charge in [-0.25, -0.2) is 28.4 Å². The number of alkyl carbamates (subject to hydrolysis) is 2. The molecule has 14 N–H and O–H groups in total. The van der Waals surface area contributed by atoms with E-state index < -0.39 is 47.3 Å². The molecule has 3 radical (unpaired) electrons. The first-order chi connectivity index (χ1) is 62.6. The molecule has 5 atom stereocenters. The minimum atomic E-state index is -1.11. The van der Waals surface area contributed by atoms with Crippen LogP contribution in [-0.2, 0) is 51.1 Å². The second-order valence-electron chi connectivity index (χ2n) is 31.7. The van der Waals surface area contributed by atoms with Gasteiger partial charge in [-0.2, -0.15) is 20.4 Å². The van der Waals surface area contributed by atoms with E-state index in [0.717, 1.165) is 83.0 Å². The minimum absolute atomic E-state index is 0. The van der Waals surface area contributed by atoms with E-state index in [-0.39, 0.29) is 48.3 Å². The molecule has 3 amide bonds. The number of nitrogens with two attached hydrogens (primary N) is 3. The summed E-state index contributed by atoms with van der Waals surface area (Å²) in [5, 5.41) is 55.4. The normalized spacial score (nSPS) is 12.8. The number of carbonyl (C=O) groups is 4. The van der Waals surface area contributed by atoms with Crippen LogP contribution in [0.25, 0.3) is 60.2 Å². The predicted molar refractivity (Wildman–Crippen MR) is 545 cm³/mol. The molecule has 0 spiro atoms. The molecule has 134 heavy (non-hydrogen) atoms. The topological polar surface area (TPSA) is 419 Å². The zero-order valence-corrected chi connectivity index (χ0v) is 79.9. The van der Waals surface area contributed by atoms with E-state index in [1.54, 1.807) is 191 Å². The van der Waals surface area contributed by atoms with Crippen LogP contribution in [0.1, 0.15) is 100 Å². The van der Waals surface area contributed by atoms with Gasteiger partial charge < -0.3 is 77.9 Å². The monoisotopic (exact) mass is 2050 g/mol. The fourth-order valence-corrected chi connectivity index (χ4v) is 13.6. The number of carboxylic acid groups (broad SMARTS) is 1. The summed E-state index contributed by atoms with van der Waals surface area (Å²) in [5.74, 6) is 3.01. The van der Waals surface area contributed by atoms with Crippen LogP contribution in [0.3, 0.4) is 0 Å². The van der Waals surface area contributed by atoms with Crippen LogP contribution in [0.15, 0.2) is 273 Å². The first-order valence-electron chi connectivity index (χ1n) is 41.6. The number of halogens is 3. The number of amides is 3. The molecule has 8 heterocycles. The van der Waals surface area contributed by atoms with E-state index in [1.165, 1.54) is 42.0 Å². The molecule has 31 nitrogen and oxygen atoms in total. The molecule has 0 aliphatic heterocycles. The van der Waals surface area contributed by atoms with Crippen LogP contribution in [0.4, 0.5) is 37.6 Å². The van der Waals surface area contributed by atoms with Gasteiger partial charge in [-0.1, -0.05) is 104 Å². The molecule has 15 aromatic rings. The van der Waals surface area contributed by atoms with Crippen molar-refractivity contribution in [2.24, 2.45) is 5.73 Å². The van der Waals surface area contributed by atoms with Crippen molar-refractivity contribution in [3.63, 3.8) is 0 Å². The number of pyridine rings is 4. The number of fused-ring (bicyclic) bond motifs is 4. The Labute approximate surface area is 813 Å². The molecule has 7 aromatic carbocycles. The summed E-state index contributed by atoms with van der Waals surface area (Å²) in [6.45, 7) is 11.1. The maximum atomic E-state index is 13.2. The number of carboxylic acids is 1. The number of anilines is 4. The molecule has 1 aliphatic rings. The number of nitrogen functional groups attached to an aromatic ring is 2. The number of likely N-dealkylation sites (N-methyl/N-ethyl adjacent to an activating group) is 2. The Bertz CT molecular complexity index is 6010. The number of rotatable bonds is 22. The second kappa shape index (κ2) is 56.7. The van der Waals surface area contributed by atoms with Crippen molar-refractivity contribution in [2.75, 3.05) is 64.1 Å². The number of ether oxygens (including phenoxy) is 5. The number of aromatic amines is 1. The molecule has 1 aliphatic carbocycles. The number of H-pyrrole nitrogens is 1. The van der Waals surface area contributed by atoms with E-state index >= 15 is 0 Å². The molecule has 36 heteroatoms. The van der Waals surface area contributed by atoms with Gasteiger partial charge in [-0.3, -0.25) is 34.5 Å². The van der Waals surface area contributed by atoms with Crippen molar-refractivity contribution in [3.05, 3.63) is 290 Å². The average Bonchev–Trinajstić information content (AvgIpc) is 1.68. The summed E-state index contributed by atoms with van der Waals surface area (Å²) < 4.78 is 32.2. The third kappa shape index (κ3) is 37.2. The van der Waals surface area contributed by atoms with E-state index in [0.29, 0.717) is 47.6 Å². The van der Waals surface area contributed by atoms with Crippen molar-refractivity contribution in [1.82, 2.24) is 80.7 Å². The Morgan fingerprint density at radius 2 is 0.881 bits per heavy atom. The van der Waals surface area contributed by atoms with Crippen molar-refractivity contribution in [3.8, 4) is 34.3 Å². The molecule has 1 fully saturated rings. The summed E-state index contributed by atoms with van der Waals surface area (Å²) in [6.07, 6.45) is 26.9. The molecule has 8 aromatic heterocycles. The van der Waals surface area contributed by atoms with Crippen LogP contribution in [0.2, 0.25) is 0 Å². The van der Waals surface area contributed by atoms with Crippen LogP contribution in [-0.4, -0.2) is 180 Å². The Morgan fingerprint density at radius 3 is 1.25 bits per heavy atom. The number of nitrogens with zero attached hydrogens (tertiary/aromatic N) is 11. The summed E-state index contributed by atoms with van der Waals surface area (Å²) in [6, 6.07) is 61.1. The van der Waals surface area contributed by atoms with Crippen molar-refractivity contribution in [1.29, 1.82) is 0 Å². The molecular formula is C98H123BBrCuFIN21O10. The fourth-order valence-electron chi connectivity index (χ4n) is 13.2. The molecule has 1 unspecified atom stereocenters. The third-order valence-electron chi connectivity index (χ3n) is 19.7. The first kappa shape index (κ1) is 111. The van der Waals surface area contributed by atoms with Crippen molar-refractivity contribution >= 4 is 135 Å². The van der Waals surface area contributed by atoms with Crippen LogP contribution < -0.4 is 63.3 Å². The van der Waals surface area contributed by atoms with Gasteiger partial charge in [0.1, 0.15) is 58.0 Å². The van der Waals surface area contributed by atoms with Crippen LogP contribution in [0, 0.1) is 0 Å². The number of aliphatic carboxylic acids is 1. The summed E-state index contributed by atoms with van der Waals surface area (Å²) >= 11 is 9.28. The number of hydrogen-bond acceptors (Lipinski definition) is 23. The van der Waals surface area contributed by atoms with E-state index in [1.807, 2.05) is 151 Å². The number of aromatic nitrogens is 12. The number of carbonyl (C=O) groups excluding carboxylic acids is 3. The van der Waals surface area contributed by atoms with E-state index in [4.69, 9.17) is 40.9 Å². The van der Waals surface area contributed by atoms with Gasteiger partial charge in [0, 0.05) is 160 Å². The number of nitrogens with one attached hydrogen (secondary N) is 7. The van der Waals surface area contributed by atoms with Gasteiger partial charge >= 0.3 is 51.3 Å². The fraction of sp³-hybridized carbons (Fsp3) is 0.286. The molecule has 715 valence electrons. The predicted octanol–water partition coefficient (Wildman–Crippen LogP) is 18.0. The van der Waals surface area contributed by atoms with Gasteiger partial charge in [-0.05, 0) is 228 Å². The number of benzene rings is 7. The van der Waals surface area contributed by atoms with Crippen LogP contribution in [0.5, 0.6) is 17.2 Å². The molecular weight excluding hydrogens is 1930 g/mol. The molecule has 1 saturated carbocycles. The van der Waals surface area contributed by atoms with Gasteiger partial charge in [0.05, 0.1) is 44.6 Å². The van der Waals surface area contributed by atoms with E-state index in [2.05, 4.69) is 144 Å². The van der Waals surface area contributed by atoms with Crippen molar-refractivity contribution in [2.45, 2.75) is 143 Å². The van der Waals surface area contributed by atoms with Gasteiger partial charge in [0.2, 0.25) is 5.91 Å². The van der Waals surface area contributed by atoms with Gasteiger partial charge in [0.25, 0.3) is 0 Å². The molecule has 0 bridgehead atoms. The zero-order chi connectivity index (χ0) is 93.5. The standard InChI is InChI=1S/C27H29N5O4.C22H23N5O.C15H21NO5.C12H10N4.C9H6BrN.C8H18N2.C3H5N3.2CH4.B.Cu.FH.HI.H2/c1-27(2,3)36-26(34)29-23(15-18-5-9-22(35-4)10-6-18)25(33)30-24-12-14-32(31-24)21-8-7-20-17-28-13-11-19(20)16-21;1-28-21-6-2-16(3-7-21)12-19(23)15-25-22-9-11-27(26-22)20-5-4-18-14-24-10-8-17(18)13-20;1-15(2,3)21-14(19)16-12(13(17)18)9-10-5-7-11(20-4)8-6-10;13-12-4-6-16(15-12)11-2-1-10-8-14-5-3-9(10)7-11;10-9-2-1-8-6-11-4-3-7(8)5-9;1-9-7-5-3-4-6-8(7)10-2;4-3-1-2-5-6-3;;;;;;;/h5-14,16-17,23H,15H2,1-4H3,(H,29,34)(H,30,31,33);2-11,13-14,19H,12,15,23H2,1H3,(H,25,26);5-8,12H,9H2,1-4H3,(H,16,19)(H,17,18);1-8H,(H2,13,15);1-6H;7-10H,3-6H2,1-2H3;1-2H,(H3,4,5,6);2*1H4;;;3*1H/q;;;;;;;;;;+1;;;/p-1/t23-;19-;12-;;;7-,8?;;;;;;;;/m000..0......../s1/i;;;;;;;;;;;;;1+1. The van der Waals surface area contributed by atoms with Crippen LogP contribution >= 0.6 is 36.3 Å². The summed E-state index contributed by atoms with van der Waals surface area (Å²) in [7, 11) is 8.92. The third-order valence-corrected chi connectivity index (χ3v) is 20.2. The quantitative estimate of drug-likeness (QED) is 0.0222. The number of methoxy groups -OCH3 is 3. The number of hydrogen-bond donors (Lipinski definition) is 11. The van der Waals surface area contributed by atoms with Gasteiger partial charge in [-0.15, -0.1) is 0 Å². The molecule has 16 rings (SSSR count). The Kier molecular flexibility index (Phi) is 47.1. The summed E-state index contributed by atoms with van der Waals surface area (Å²) in [5.41, 5.74) is 21.3. The Morgan fingerprint density at radius 1 is 0.507 bits per heavy atom. The second-order valence-corrected chi connectivity index (χ2v) is 32.6. The zero-order valence-electron chi connectivity index (χ0n) is 75.3. The van der Waals surface area contributed by atoms with E-state index in [9.17, 15) is 24.3 Å². The molecule has 0 saturated heterocycles. The van der Waals surface area contributed by atoms with Gasteiger partial charge in [0.15, 0.2) is 5.82 Å². The Balaban J connectivity index is 0.000000345. The maximum absolute atomic E-state index is 13.2. The first-order valence-corrected chi connectivity index (χ1v) is 45.5. The SMILES string of the molecule is Brc1ccc2cnccc2c1.C.C.CNC1CCCC[C@@H]1NC.COc1ccc(C[C@H](N)CNc2ccn(-c3ccc4cnccc4c3)n2)cc1.COc1ccc(C[C@H](NC(=O)OC(C)(C)C)C(=O)Nc2ccn(-c3ccc4cnccc4c3)n2)cc1.COc1ccc(C[C@H](NC(=O)OC(C)(C)C)C(=O)O)cc1.F.Nc1ccn(-c2ccc3cnccc3c2)n1.Nc1ccn[nH]1.[2HH].[B].[Cu][I]. The Hall–Kier alpha value is -13.1. The average molecular weight is 2060 g/mol. The van der Waals surface area contributed by atoms with Crippen molar-refractivity contribution < 1.29 is 66.9 Å².